The predicted octanol–water partition coefficient (Wildman–Crippen LogP) is -2.70. The highest BCUT2D eigenvalue weighted by atomic mass is 32.2. The minimum Gasteiger partial charge on any atom is -0.609 e. The summed E-state index contributed by atoms with van der Waals surface area (Å²) in [6, 6.07) is -2.07. The number of likely N-dealkylation sites (N-methyl/N-ethyl adjacent to an activating group) is 1. The molecule has 0 spiro atoms. The average molecular weight is 332 g/mol. The molecule has 0 bridgehead atoms. The summed E-state index contributed by atoms with van der Waals surface area (Å²) in [7, 11) is 5.16. The fourth-order valence-corrected chi connectivity index (χ4v) is 2.78. The standard InChI is InChI=1S/C12H20N4O5S/c1-16(2,3)9(11(19)20)4-7-5-14-12(15-7)22(21)6-8(13)10(17)18/h5,8-9H,4,6,13H2,1-3H3,(H2-,14,15,17,18,19,20)/t8-,9-,22?/m0/s1. The Bertz CT molecular complexity index is 542. The maximum atomic E-state index is 11.9. The molecule has 10 heteroatoms. The third-order valence-corrected chi connectivity index (χ3v) is 4.38. The number of aliphatic carboxylic acids is 2. The first kappa shape index (κ1) is 18.4. The number of nitrogens with one attached hydrogen (secondary N) is 1. The molecule has 0 amide bonds. The lowest BCUT2D eigenvalue weighted by Crippen LogP contribution is -2.55. The van der Waals surface area contributed by atoms with Crippen molar-refractivity contribution in [1.29, 1.82) is 0 Å². The summed E-state index contributed by atoms with van der Waals surface area (Å²) in [5.74, 6) is -2.73. The molecule has 1 unspecified atom stereocenters. The smallest absolute Gasteiger partial charge is 0.325 e. The lowest BCUT2D eigenvalue weighted by molar-refractivity contribution is -0.889. The van der Waals surface area contributed by atoms with E-state index >= 15 is 0 Å². The highest BCUT2D eigenvalue weighted by Gasteiger charge is 2.28. The second kappa shape index (κ2) is 7.09. The van der Waals surface area contributed by atoms with Crippen LogP contribution in [0.1, 0.15) is 5.69 Å². The highest BCUT2D eigenvalue weighted by molar-refractivity contribution is 7.91. The number of carboxylic acid groups (broad SMARTS) is 2. The Morgan fingerprint density at radius 1 is 1.50 bits per heavy atom. The van der Waals surface area contributed by atoms with Crippen LogP contribution in [0.3, 0.4) is 0 Å². The van der Waals surface area contributed by atoms with Crippen LogP contribution in [0.5, 0.6) is 0 Å². The maximum Gasteiger partial charge on any atom is 0.325 e. The number of aromatic amines is 1. The molecular weight excluding hydrogens is 312 g/mol. The zero-order valence-electron chi connectivity index (χ0n) is 12.6. The Hall–Kier alpha value is -1.62. The maximum absolute atomic E-state index is 11.9. The molecule has 1 heterocycles. The SMILES string of the molecule is C[N+](C)(C)[C@@H](Cc1c[nH]c([S+]([O-])C[C@H](N)C(=O)O)n1)C(=O)[O-]. The number of quaternary nitrogens is 1. The van der Waals surface area contributed by atoms with Gasteiger partial charge >= 0.3 is 11.1 Å². The number of carbonyl (C=O) groups excluding carboxylic acids is 1. The summed E-state index contributed by atoms with van der Waals surface area (Å²) in [6.07, 6.45) is 1.55. The van der Waals surface area contributed by atoms with Crippen LogP contribution < -0.4 is 10.8 Å². The van der Waals surface area contributed by atoms with Crippen molar-refractivity contribution >= 4 is 23.1 Å². The summed E-state index contributed by atoms with van der Waals surface area (Å²) in [5.41, 5.74) is 5.73. The molecule has 1 aromatic heterocycles. The topological polar surface area (TPSA) is 155 Å². The molecule has 0 saturated heterocycles. The number of hydrogen-bond donors (Lipinski definition) is 3. The Labute approximate surface area is 130 Å². The van der Waals surface area contributed by atoms with Gasteiger partial charge in [-0.3, -0.25) is 4.79 Å². The molecule has 1 aromatic rings. The Balaban J connectivity index is 2.79. The van der Waals surface area contributed by atoms with Crippen LogP contribution in [0.25, 0.3) is 0 Å². The van der Waals surface area contributed by atoms with Crippen LogP contribution >= 0.6 is 0 Å². The number of carboxylic acids is 2. The molecule has 0 aromatic carbocycles. The van der Waals surface area contributed by atoms with Crippen LogP contribution in [0.2, 0.25) is 0 Å². The van der Waals surface area contributed by atoms with Crippen molar-refractivity contribution in [2.24, 2.45) is 5.73 Å². The highest BCUT2D eigenvalue weighted by Crippen LogP contribution is 2.13. The summed E-state index contributed by atoms with van der Waals surface area (Å²) < 4.78 is 12.1. The lowest BCUT2D eigenvalue weighted by Gasteiger charge is -2.34. The molecule has 4 N–H and O–H groups in total. The van der Waals surface area contributed by atoms with Gasteiger partial charge in [-0.15, -0.1) is 0 Å². The monoisotopic (exact) mass is 332 g/mol. The van der Waals surface area contributed by atoms with Gasteiger partial charge in [-0.05, 0) is 0 Å². The second-order valence-electron chi connectivity index (χ2n) is 5.81. The normalized spacial score (nSPS) is 16.0. The van der Waals surface area contributed by atoms with E-state index in [1.165, 1.54) is 6.20 Å². The van der Waals surface area contributed by atoms with Crippen molar-refractivity contribution in [3.63, 3.8) is 0 Å². The van der Waals surface area contributed by atoms with Gasteiger partial charge in [0, 0.05) is 23.8 Å². The molecule has 22 heavy (non-hydrogen) atoms. The molecule has 0 aliphatic heterocycles. The quantitative estimate of drug-likeness (QED) is 0.345. The lowest BCUT2D eigenvalue weighted by atomic mass is 10.1. The van der Waals surface area contributed by atoms with Crippen LogP contribution in [-0.4, -0.2) is 75.0 Å². The number of aromatic nitrogens is 2. The molecule has 0 aliphatic rings. The van der Waals surface area contributed by atoms with Gasteiger partial charge in [0.25, 0.3) is 0 Å². The first-order chi connectivity index (χ1) is 10.0. The van der Waals surface area contributed by atoms with Crippen molar-refractivity contribution in [3.05, 3.63) is 11.9 Å². The van der Waals surface area contributed by atoms with Gasteiger partial charge < -0.3 is 34.8 Å². The van der Waals surface area contributed by atoms with E-state index in [0.29, 0.717) is 5.69 Å². The van der Waals surface area contributed by atoms with E-state index < -0.39 is 35.2 Å². The van der Waals surface area contributed by atoms with E-state index in [0.717, 1.165) is 0 Å². The van der Waals surface area contributed by atoms with Crippen molar-refractivity contribution in [2.75, 3.05) is 26.9 Å². The van der Waals surface area contributed by atoms with Crippen molar-refractivity contribution in [1.82, 2.24) is 9.97 Å². The van der Waals surface area contributed by atoms with Crippen LogP contribution in [0.15, 0.2) is 11.4 Å². The van der Waals surface area contributed by atoms with Gasteiger partial charge in [0.15, 0.2) is 0 Å². The molecule has 0 aliphatic carbocycles. The van der Waals surface area contributed by atoms with Gasteiger partial charge in [-0.1, -0.05) is 0 Å². The Kier molecular flexibility index (Phi) is 5.94. The van der Waals surface area contributed by atoms with Gasteiger partial charge in [0.1, 0.15) is 17.8 Å². The van der Waals surface area contributed by atoms with E-state index in [4.69, 9.17) is 10.8 Å². The van der Waals surface area contributed by atoms with Crippen molar-refractivity contribution in [2.45, 2.75) is 23.7 Å². The minimum atomic E-state index is -1.70. The number of imidazole rings is 1. The fraction of sp³-hybridized carbons (Fsp3) is 0.583. The summed E-state index contributed by atoms with van der Waals surface area (Å²) >= 11 is -1.70. The van der Waals surface area contributed by atoms with Crippen molar-refractivity contribution in [3.8, 4) is 0 Å². The van der Waals surface area contributed by atoms with E-state index in [9.17, 15) is 19.2 Å². The molecule has 0 fully saturated rings. The first-order valence-electron chi connectivity index (χ1n) is 6.45. The number of nitrogens with zero attached hydrogens (tertiary/aromatic N) is 2. The van der Waals surface area contributed by atoms with E-state index in [2.05, 4.69) is 9.97 Å². The molecule has 124 valence electrons. The summed E-state index contributed by atoms with van der Waals surface area (Å²) in [6.45, 7) is 0. The minimum absolute atomic E-state index is 0.0743. The average Bonchev–Trinajstić information content (AvgIpc) is 2.82. The summed E-state index contributed by atoms with van der Waals surface area (Å²) in [4.78, 5) is 28.6. The summed E-state index contributed by atoms with van der Waals surface area (Å²) in [5, 5.41) is 20.0. The van der Waals surface area contributed by atoms with Crippen LogP contribution in [0.4, 0.5) is 0 Å². The number of rotatable bonds is 8. The van der Waals surface area contributed by atoms with Crippen LogP contribution in [0, 0.1) is 0 Å². The largest absolute Gasteiger partial charge is 0.609 e. The molecular formula is C12H20N4O5S. The zero-order chi connectivity index (χ0) is 17.1. The number of H-pyrrole nitrogens is 1. The molecule has 0 radical (unpaired) electrons. The Morgan fingerprint density at radius 3 is 2.55 bits per heavy atom. The van der Waals surface area contributed by atoms with Gasteiger partial charge in [0.05, 0.1) is 32.8 Å². The molecule has 9 nitrogen and oxygen atoms in total. The molecule has 0 saturated carbocycles. The zero-order valence-corrected chi connectivity index (χ0v) is 13.4. The first-order valence-corrected chi connectivity index (χ1v) is 7.77. The Morgan fingerprint density at radius 2 is 2.09 bits per heavy atom. The van der Waals surface area contributed by atoms with Gasteiger partial charge in [-0.2, -0.15) is 4.98 Å². The van der Waals surface area contributed by atoms with Crippen molar-refractivity contribution < 1.29 is 28.8 Å². The van der Waals surface area contributed by atoms with E-state index in [1.807, 2.05) is 0 Å². The fourth-order valence-electron chi connectivity index (χ4n) is 1.75. The number of hydrogen-bond acceptors (Lipinski definition) is 6. The second-order valence-corrected chi connectivity index (χ2v) is 7.22. The number of nitrogens with two attached hydrogens (primary N) is 1. The molecule has 3 atom stereocenters. The van der Waals surface area contributed by atoms with Crippen LogP contribution in [-0.2, 0) is 27.2 Å². The third-order valence-electron chi connectivity index (χ3n) is 3.08. The van der Waals surface area contributed by atoms with E-state index in [-0.39, 0.29) is 21.8 Å². The van der Waals surface area contributed by atoms with Gasteiger partial charge in [0.2, 0.25) is 0 Å². The van der Waals surface area contributed by atoms with Gasteiger partial charge in [-0.25, -0.2) is 0 Å². The van der Waals surface area contributed by atoms with E-state index in [1.54, 1.807) is 21.1 Å². The number of carbonyl (C=O) groups is 2. The molecule has 1 rings (SSSR count). The predicted molar refractivity (Wildman–Crippen MR) is 76.0 cm³/mol. The third kappa shape index (κ3) is 4.98.